The van der Waals surface area contributed by atoms with Gasteiger partial charge in [-0.2, -0.15) is 18.3 Å². The van der Waals surface area contributed by atoms with E-state index in [2.05, 4.69) is 20.2 Å². The summed E-state index contributed by atoms with van der Waals surface area (Å²) in [7, 11) is 0. The molecule has 4 rings (SSSR count). The van der Waals surface area contributed by atoms with Crippen LogP contribution in [-0.4, -0.2) is 54.1 Å². The fourth-order valence-electron chi connectivity index (χ4n) is 3.12. The van der Waals surface area contributed by atoms with Gasteiger partial charge in [-0.05, 0) is 19.1 Å². The normalized spacial score (nSPS) is 14.2. The van der Waals surface area contributed by atoms with E-state index >= 15 is 0 Å². The highest BCUT2D eigenvalue weighted by molar-refractivity contribution is 5.86. The molecule has 1 aromatic carbocycles. The summed E-state index contributed by atoms with van der Waals surface area (Å²) in [4.78, 5) is 19.1. The van der Waals surface area contributed by atoms with Crippen LogP contribution in [0.2, 0.25) is 0 Å². The van der Waals surface area contributed by atoms with Gasteiger partial charge in [0, 0.05) is 11.6 Å². The van der Waals surface area contributed by atoms with E-state index in [1.54, 1.807) is 0 Å². The maximum atomic E-state index is 14.5. The highest BCUT2D eigenvalue weighted by Gasteiger charge is 2.57. The number of carbonyl (C=O) groups excluding carboxylic acids is 1. The fourth-order valence-corrected chi connectivity index (χ4v) is 3.12. The Morgan fingerprint density at radius 3 is 2.67 bits per heavy atom. The predicted octanol–water partition coefficient (Wildman–Crippen LogP) is 3.62. The van der Waals surface area contributed by atoms with Gasteiger partial charge in [-0.1, -0.05) is 23.3 Å². The number of aliphatic hydroxyl groups is 1. The summed E-state index contributed by atoms with van der Waals surface area (Å²) in [5.74, 6) is -4.62. The Balaban J connectivity index is 1.71. The lowest BCUT2D eigenvalue weighted by atomic mass is 9.99. The highest BCUT2D eigenvalue weighted by atomic mass is 19.4. The van der Waals surface area contributed by atoms with E-state index in [0.29, 0.717) is 13.1 Å². The van der Waals surface area contributed by atoms with Gasteiger partial charge in [0.05, 0.1) is 27.7 Å². The van der Waals surface area contributed by atoms with E-state index in [4.69, 9.17) is 7.26 Å². The number of hydrogen-bond acceptors (Lipinski definition) is 8. The number of benzene rings is 1. The van der Waals surface area contributed by atoms with Crippen LogP contribution in [-0.2, 0) is 11.3 Å². The molecule has 3 heterocycles. The Hall–Kier alpha value is -4.20. The molecule has 0 bridgehead atoms. The molecule has 0 spiro atoms. The first-order valence-electron chi connectivity index (χ1n) is 11.1. The highest BCUT2D eigenvalue weighted by Crippen LogP contribution is 2.32. The lowest BCUT2D eigenvalue weighted by Gasteiger charge is -2.28. The van der Waals surface area contributed by atoms with Crippen LogP contribution in [0.15, 0.2) is 53.3 Å². The summed E-state index contributed by atoms with van der Waals surface area (Å²) >= 11 is 0. The lowest BCUT2D eigenvalue weighted by molar-refractivity contribution is -0.244. The Morgan fingerprint density at radius 2 is 2.03 bits per heavy atom. The number of carbonyl (C=O) groups is 1. The number of aromatic nitrogens is 5. The molecule has 0 aliphatic rings. The largest absolute Gasteiger partial charge is 0.426 e. The molecule has 9 nitrogen and oxygen atoms in total. The molecule has 36 heavy (non-hydrogen) atoms. The van der Waals surface area contributed by atoms with Crippen molar-refractivity contribution in [3.63, 3.8) is 0 Å². The van der Waals surface area contributed by atoms with Gasteiger partial charge in [0.2, 0.25) is 5.60 Å². The summed E-state index contributed by atoms with van der Waals surface area (Å²) in [6, 6.07) is 4.44. The summed E-state index contributed by atoms with van der Waals surface area (Å²) in [5.41, 5.74) is -3.44. The van der Waals surface area contributed by atoms with Crippen LogP contribution < -0.4 is 5.32 Å². The zero-order valence-corrected chi connectivity index (χ0v) is 18.3. The Morgan fingerprint density at radius 1 is 1.25 bits per heavy atom. The van der Waals surface area contributed by atoms with Crippen molar-refractivity contribution >= 4 is 11.6 Å². The number of nitrogens with zero attached hydrogens (tertiary/aromatic N) is 5. The molecular weight excluding hydrogens is 491 g/mol. The molecule has 0 fully saturated rings. The molecule has 0 amide bonds. The van der Waals surface area contributed by atoms with Crippen LogP contribution in [0.1, 0.15) is 15.2 Å². The Bertz CT molecular complexity index is 1470. The molecule has 0 aliphatic carbocycles. The standard InChI is InChI=1S/C22H17F5N6O3/c1-12(34)21(35,22(25,26)27)11-29-19-15(24)9-28-20(30-19)17-8-18(16-6-7-36-32-16)33(31-17)10-13-4-2-3-5-14(13)23/h2-9,35H,10-11H2,1H3,(H,28,29,30)/t21-/m1/s1/i3D,4D. The number of Topliss-reactive ketones (excluding diaryl/α,β-unsaturated/α-hetero) is 1. The van der Waals surface area contributed by atoms with Gasteiger partial charge in [0.25, 0.3) is 0 Å². The van der Waals surface area contributed by atoms with Crippen molar-refractivity contribution in [3.05, 3.63) is 66.0 Å². The third-order valence-corrected chi connectivity index (χ3v) is 5.15. The number of ketones is 1. The first-order chi connectivity index (χ1) is 17.8. The molecule has 14 heteroatoms. The number of halogens is 5. The van der Waals surface area contributed by atoms with Gasteiger partial charge in [0.15, 0.2) is 23.2 Å². The molecule has 4 aromatic rings. The molecule has 0 unspecified atom stereocenters. The van der Waals surface area contributed by atoms with Crippen LogP contribution in [0, 0.1) is 11.6 Å². The van der Waals surface area contributed by atoms with Gasteiger partial charge in [-0.3, -0.25) is 9.48 Å². The summed E-state index contributed by atoms with van der Waals surface area (Å²) in [6.07, 6.45) is -3.44. The molecule has 0 aliphatic heterocycles. The SMILES string of the molecule is [2H]c1cc([2H])c(Cn2nc(-c3ncc(F)c(NC[C@@](O)(C(C)=O)C(F)(F)F)n3)cc2-c2ccon2)c(F)c1. The summed E-state index contributed by atoms with van der Waals surface area (Å²) < 4.78 is 90.1. The molecular formula is C22H17F5N6O3. The van der Waals surface area contributed by atoms with E-state index in [1.807, 2.05) is 5.32 Å². The molecule has 188 valence electrons. The summed E-state index contributed by atoms with van der Waals surface area (Å²) in [6.45, 7) is -1.18. The first-order valence-corrected chi connectivity index (χ1v) is 10.1. The summed E-state index contributed by atoms with van der Waals surface area (Å²) in [5, 5.41) is 19.9. The van der Waals surface area contributed by atoms with Crippen LogP contribution in [0.5, 0.6) is 0 Å². The minimum absolute atomic E-state index is 0.0345. The number of alkyl halides is 3. The van der Waals surface area contributed by atoms with Gasteiger partial charge < -0.3 is 14.9 Å². The molecule has 3 aromatic heterocycles. The lowest BCUT2D eigenvalue weighted by Crippen LogP contribution is -2.56. The zero-order chi connectivity index (χ0) is 27.8. The number of anilines is 1. The van der Waals surface area contributed by atoms with Crippen molar-refractivity contribution < 1.29 is 39.1 Å². The smallest absolute Gasteiger partial charge is 0.373 e. The van der Waals surface area contributed by atoms with E-state index < -0.39 is 41.6 Å². The number of rotatable bonds is 8. The first kappa shape index (κ1) is 22.3. The van der Waals surface area contributed by atoms with Crippen molar-refractivity contribution in [2.75, 3.05) is 11.9 Å². The average molecular weight is 510 g/mol. The van der Waals surface area contributed by atoms with E-state index in [0.717, 1.165) is 12.1 Å². The molecule has 2 N–H and O–H groups in total. The Labute approximate surface area is 202 Å². The van der Waals surface area contributed by atoms with E-state index in [9.17, 15) is 31.9 Å². The third-order valence-electron chi connectivity index (χ3n) is 5.15. The Kier molecular flexibility index (Phi) is 5.85. The maximum absolute atomic E-state index is 14.5. The predicted molar refractivity (Wildman–Crippen MR) is 114 cm³/mol. The topological polar surface area (TPSA) is 119 Å². The van der Waals surface area contributed by atoms with Crippen LogP contribution >= 0.6 is 0 Å². The second-order valence-electron chi connectivity index (χ2n) is 7.54. The van der Waals surface area contributed by atoms with Gasteiger partial charge in [-0.25, -0.2) is 18.7 Å². The second-order valence-corrected chi connectivity index (χ2v) is 7.54. The van der Waals surface area contributed by atoms with Crippen molar-refractivity contribution in [2.24, 2.45) is 0 Å². The van der Waals surface area contributed by atoms with Crippen LogP contribution in [0.25, 0.3) is 22.9 Å². The van der Waals surface area contributed by atoms with Crippen molar-refractivity contribution in [2.45, 2.75) is 25.2 Å². The molecule has 0 saturated carbocycles. The van der Waals surface area contributed by atoms with Crippen molar-refractivity contribution in [1.29, 1.82) is 0 Å². The van der Waals surface area contributed by atoms with Crippen molar-refractivity contribution in [1.82, 2.24) is 24.9 Å². The zero-order valence-electron chi connectivity index (χ0n) is 20.3. The third kappa shape index (κ3) is 4.79. The molecule has 0 radical (unpaired) electrons. The monoisotopic (exact) mass is 510 g/mol. The van der Waals surface area contributed by atoms with Gasteiger partial charge in [-0.15, -0.1) is 0 Å². The fraction of sp³-hybridized carbons (Fsp3) is 0.227. The number of hydrogen-bond donors (Lipinski definition) is 2. The van der Waals surface area contributed by atoms with Gasteiger partial charge in [0.1, 0.15) is 23.5 Å². The maximum Gasteiger partial charge on any atom is 0.426 e. The second kappa shape index (κ2) is 9.45. The van der Waals surface area contributed by atoms with Crippen molar-refractivity contribution in [3.8, 4) is 22.9 Å². The minimum atomic E-state index is -5.34. The van der Waals surface area contributed by atoms with E-state index in [1.165, 1.54) is 23.1 Å². The number of nitrogens with one attached hydrogen (secondary N) is 1. The average Bonchev–Trinajstić information content (AvgIpc) is 3.49. The van der Waals surface area contributed by atoms with E-state index in [-0.39, 0.29) is 47.1 Å². The van der Waals surface area contributed by atoms with Crippen LogP contribution in [0.3, 0.4) is 0 Å². The molecule has 1 atom stereocenters. The molecule has 0 saturated heterocycles. The minimum Gasteiger partial charge on any atom is -0.373 e. The van der Waals surface area contributed by atoms with Gasteiger partial charge >= 0.3 is 6.18 Å². The quantitative estimate of drug-likeness (QED) is 0.345. The van der Waals surface area contributed by atoms with Crippen LogP contribution in [0.4, 0.5) is 27.8 Å².